The summed E-state index contributed by atoms with van der Waals surface area (Å²) in [5, 5.41) is 11.3. The van der Waals surface area contributed by atoms with Crippen LogP contribution < -0.4 is 4.74 Å². The average molecular weight is 421 g/mol. The second kappa shape index (κ2) is 7.22. The molecule has 6 heteroatoms. The fourth-order valence-electron chi connectivity index (χ4n) is 6.31. The molecule has 1 N–H and O–H groups in total. The number of hydrogen-bond donors (Lipinski definition) is 1. The molecule has 4 aliphatic rings. The van der Waals surface area contributed by atoms with Gasteiger partial charge in [-0.15, -0.1) is 23.5 Å². The van der Waals surface area contributed by atoms with Gasteiger partial charge in [0, 0.05) is 12.5 Å². The summed E-state index contributed by atoms with van der Waals surface area (Å²) in [6.45, 7) is 2.26. The van der Waals surface area contributed by atoms with E-state index in [4.69, 9.17) is 9.47 Å². The van der Waals surface area contributed by atoms with Crippen LogP contribution in [0.2, 0.25) is 0 Å². The topological polar surface area (TPSA) is 55.8 Å². The lowest BCUT2D eigenvalue weighted by atomic mass is 9.53. The summed E-state index contributed by atoms with van der Waals surface area (Å²) in [6.07, 6.45) is 4.24. The van der Waals surface area contributed by atoms with E-state index in [1.807, 2.05) is 25.1 Å². The van der Waals surface area contributed by atoms with E-state index in [0.717, 1.165) is 31.2 Å². The molecular formula is C22H28O4S2. The minimum atomic E-state index is -1.12. The van der Waals surface area contributed by atoms with E-state index in [1.165, 1.54) is 17.9 Å². The van der Waals surface area contributed by atoms with Gasteiger partial charge >= 0.3 is 5.97 Å². The van der Waals surface area contributed by atoms with E-state index in [-0.39, 0.29) is 21.9 Å². The number of rotatable bonds is 3. The van der Waals surface area contributed by atoms with Crippen molar-refractivity contribution in [2.45, 2.75) is 55.3 Å². The maximum atomic E-state index is 13.6. The molecule has 1 aromatic carbocycles. The van der Waals surface area contributed by atoms with Gasteiger partial charge in [-0.05, 0) is 67.6 Å². The van der Waals surface area contributed by atoms with Crippen LogP contribution in [0.1, 0.15) is 50.5 Å². The largest absolute Gasteiger partial charge is 0.426 e. The predicted molar refractivity (Wildman–Crippen MR) is 113 cm³/mol. The Kier molecular flexibility index (Phi) is 4.97. The van der Waals surface area contributed by atoms with Crippen molar-refractivity contribution in [3.63, 3.8) is 0 Å². The van der Waals surface area contributed by atoms with E-state index in [1.54, 1.807) is 0 Å². The Morgan fingerprint density at radius 3 is 2.75 bits per heavy atom. The van der Waals surface area contributed by atoms with Crippen LogP contribution in [0.15, 0.2) is 24.3 Å². The van der Waals surface area contributed by atoms with Gasteiger partial charge in [0.05, 0.1) is 4.08 Å². The molecular weight excluding hydrogens is 392 g/mol. The van der Waals surface area contributed by atoms with Gasteiger partial charge in [0.25, 0.3) is 0 Å². The summed E-state index contributed by atoms with van der Waals surface area (Å²) >= 11 is 4.21. The molecule has 3 fully saturated rings. The summed E-state index contributed by atoms with van der Waals surface area (Å²) in [4.78, 5) is 13.6. The summed E-state index contributed by atoms with van der Waals surface area (Å²) in [6, 6.07) is 7.91. The lowest BCUT2D eigenvalue weighted by molar-refractivity contribution is -0.227. The molecule has 4 nitrogen and oxygen atoms in total. The highest BCUT2D eigenvalue weighted by molar-refractivity contribution is 8.18. The molecule has 1 spiro atoms. The standard InChI is InChI=1S/C22H28O4S2/c1-2-25-19(23)22-16-9-5-8-15(16)21(27-11-6-12-28-21)13-17(22)14-7-3-4-10-18(14)26-20(22)24/h3-4,7,10,15-17,19,23H,2,5-6,8-9,11-13H2,1H3. The van der Waals surface area contributed by atoms with Crippen molar-refractivity contribution in [1.82, 2.24) is 0 Å². The van der Waals surface area contributed by atoms with E-state index in [2.05, 4.69) is 29.6 Å². The zero-order chi connectivity index (χ0) is 19.4. The molecule has 2 saturated carbocycles. The van der Waals surface area contributed by atoms with Crippen molar-refractivity contribution < 1.29 is 19.4 Å². The number of para-hydroxylation sites is 1. The van der Waals surface area contributed by atoms with Crippen molar-refractivity contribution in [2.24, 2.45) is 17.3 Å². The first-order valence-corrected chi connectivity index (χ1v) is 12.5. The molecule has 5 unspecified atom stereocenters. The third-order valence-corrected chi connectivity index (χ3v) is 10.9. The van der Waals surface area contributed by atoms with E-state index in [0.29, 0.717) is 18.3 Å². The Morgan fingerprint density at radius 2 is 1.96 bits per heavy atom. The normalized spacial score (nSPS) is 36.9. The number of hydrogen-bond acceptors (Lipinski definition) is 6. The van der Waals surface area contributed by atoms with Crippen LogP contribution in [-0.2, 0) is 9.53 Å². The fraction of sp³-hybridized carbons (Fsp3) is 0.682. The van der Waals surface area contributed by atoms with Crippen LogP contribution in [0.3, 0.4) is 0 Å². The molecule has 0 amide bonds. The molecule has 2 aliphatic carbocycles. The highest BCUT2D eigenvalue weighted by atomic mass is 32.2. The molecule has 0 aromatic heterocycles. The lowest BCUT2D eigenvalue weighted by Gasteiger charge is -2.59. The number of thioether (sulfide) groups is 2. The maximum absolute atomic E-state index is 13.6. The third-order valence-electron chi connectivity index (χ3n) is 7.32. The second-order valence-electron chi connectivity index (χ2n) is 8.43. The Labute approximate surface area is 175 Å². The molecule has 1 saturated heterocycles. The smallest absolute Gasteiger partial charge is 0.323 e. The number of aliphatic hydroxyl groups excluding tert-OH is 1. The number of fused-ring (bicyclic) bond motifs is 6. The second-order valence-corrected chi connectivity index (χ2v) is 11.5. The molecule has 2 aliphatic heterocycles. The fourth-order valence-corrected chi connectivity index (χ4v) is 10.2. The quantitative estimate of drug-likeness (QED) is 0.444. The Balaban J connectivity index is 1.69. The number of carbonyl (C=O) groups is 1. The predicted octanol–water partition coefficient (Wildman–Crippen LogP) is 4.42. The monoisotopic (exact) mass is 420 g/mol. The molecule has 28 heavy (non-hydrogen) atoms. The summed E-state index contributed by atoms with van der Waals surface area (Å²) in [7, 11) is 0. The first kappa shape index (κ1) is 19.3. The van der Waals surface area contributed by atoms with Gasteiger partial charge < -0.3 is 14.6 Å². The highest BCUT2D eigenvalue weighted by Gasteiger charge is 2.70. The lowest BCUT2D eigenvalue weighted by Crippen LogP contribution is -2.63. The zero-order valence-electron chi connectivity index (χ0n) is 16.3. The first-order chi connectivity index (χ1) is 13.6. The number of carbonyl (C=O) groups excluding carboxylic acids is 1. The molecule has 2 heterocycles. The molecule has 5 rings (SSSR count). The van der Waals surface area contributed by atoms with Crippen LogP contribution in [0.25, 0.3) is 0 Å². The van der Waals surface area contributed by atoms with Crippen LogP contribution in [0.5, 0.6) is 5.75 Å². The van der Waals surface area contributed by atoms with Gasteiger partial charge in [-0.3, -0.25) is 4.79 Å². The Hall–Kier alpha value is -0.690. The zero-order valence-corrected chi connectivity index (χ0v) is 17.9. The minimum absolute atomic E-state index is 0.0658. The molecule has 0 bridgehead atoms. The van der Waals surface area contributed by atoms with Crippen molar-refractivity contribution >= 4 is 29.5 Å². The number of esters is 1. The van der Waals surface area contributed by atoms with Gasteiger partial charge in [0.1, 0.15) is 11.2 Å². The van der Waals surface area contributed by atoms with E-state index in [9.17, 15) is 9.90 Å². The number of benzene rings is 1. The third kappa shape index (κ3) is 2.57. The van der Waals surface area contributed by atoms with Gasteiger partial charge in [-0.1, -0.05) is 24.6 Å². The van der Waals surface area contributed by atoms with Gasteiger partial charge in [0.2, 0.25) is 0 Å². The Bertz CT molecular complexity index is 763. The van der Waals surface area contributed by atoms with Gasteiger partial charge in [-0.2, -0.15) is 0 Å². The Morgan fingerprint density at radius 1 is 1.21 bits per heavy atom. The number of ether oxygens (including phenoxy) is 2. The molecule has 0 radical (unpaired) electrons. The van der Waals surface area contributed by atoms with Gasteiger partial charge in [-0.25, -0.2) is 0 Å². The first-order valence-electron chi connectivity index (χ1n) is 10.5. The minimum Gasteiger partial charge on any atom is -0.426 e. The van der Waals surface area contributed by atoms with Crippen molar-refractivity contribution in [2.75, 3.05) is 18.1 Å². The number of aliphatic hydroxyl groups is 1. The average Bonchev–Trinajstić information content (AvgIpc) is 3.20. The summed E-state index contributed by atoms with van der Waals surface area (Å²) < 4.78 is 11.8. The SMILES string of the molecule is CCOC(O)C12C(=O)Oc3ccccc3C1CC1(SCCCS1)C1CCCC12. The summed E-state index contributed by atoms with van der Waals surface area (Å²) in [5.41, 5.74) is 0.0763. The van der Waals surface area contributed by atoms with Crippen LogP contribution in [-0.4, -0.2) is 39.6 Å². The van der Waals surface area contributed by atoms with Gasteiger partial charge in [0.15, 0.2) is 6.29 Å². The molecule has 152 valence electrons. The van der Waals surface area contributed by atoms with E-state index >= 15 is 0 Å². The molecule has 5 atom stereocenters. The van der Waals surface area contributed by atoms with Crippen LogP contribution in [0.4, 0.5) is 0 Å². The van der Waals surface area contributed by atoms with Crippen LogP contribution >= 0.6 is 23.5 Å². The van der Waals surface area contributed by atoms with Crippen molar-refractivity contribution in [3.05, 3.63) is 29.8 Å². The maximum Gasteiger partial charge on any atom is 0.323 e. The van der Waals surface area contributed by atoms with E-state index < -0.39 is 11.7 Å². The molecule has 1 aromatic rings. The van der Waals surface area contributed by atoms with Crippen LogP contribution in [0, 0.1) is 17.3 Å². The van der Waals surface area contributed by atoms with Crippen molar-refractivity contribution in [1.29, 1.82) is 0 Å². The highest BCUT2D eigenvalue weighted by Crippen LogP contribution is 2.71. The summed E-state index contributed by atoms with van der Waals surface area (Å²) in [5.74, 6) is 3.22. The van der Waals surface area contributed by atoms with Crippen molar-refractivity contribution in [3.8, 4) is 5.75 Å².